The van der Waals surface area contributed by atoms with Gasteiger partial charge in [-0.2, -0.15) is 5.26 Å². The van der Waals surface area contributed by atoms with Crippen LogP contribution in [0.15, 0.2) is 70.1 Å². The Balaban J connectivity index is 1.42. The Morgan fingerprint density at radius 1 is 1.00 bits per heavy atom. The van der Waals surface area contributed by atoms with E-state index in [1.807, 2.05) is 6.21 Å². The minimum absolute atomic E-state index is 0.0347. The molecular formula is C30H25N3O. The summed E-state index contributed by atoms with van der Waals surface area (Å²) in [5.74, 6) is 1.32. The number of hydrogen-bond donors (Lipinski definition) is 0. The van der Waals surface area contributed by atoms with Crippen molar-refractivity contribution < 1.29 is 4.42 Å². The molecule has 4 nitrogen and oxygen atoms in total. The molecule has 0 spiro atoms. The molecule has 3 atom stereocenters. The molecule has 0 saturated heterocycles. The van der Waals surface area contributed by atoms with Gasteiger partial charge in [0.05, 0.1) is 34.4 Å². The topological polar surface area (TPSA) is 54.2 Å². The van der Waals surface area contributed by atoms with Crippen LogP contribution in [-0.2, 0) is 6.42 Å². The van der Waals surface area contributed by atoms with E-state index in [9.17, 15) is 5.26 Å². The van der Waals surface area contributed by atoms with Gasteiger partial charge in [-0.3, -0.25) is 4.99 Å². The summed E-state index contributed by atoms with van der Waals surface area (Å²) in [6.07, 6.45) is 18.1. The molecule has 0 saturated carbocycles. The van der Waals surface area contributed by atoms with Crippen LogP contribution in [0.25, 0.3) is 44.5 Å². The van der Waals surface area contributed by atoms with Crippen LogP contribution >= 0.6 is 0 Å². The first-order valence-corrected chi connectivity index (χ1v) is 12.3. The van der Waals surface area contributed by atoms with E-state index in [0.29, 0.717) is 5.92 Å². The van der Waals surface area contributed by atoms with E-state index < -0.39 is 0 Å². The second-order valence-corrected chi connectivity index (χ2v) is 9.65. The van der Waals surface area contributed by atoms with Crippen molar-refractivity contribution in [3.63, 3.8) is 0 Å². The predicted octanol–water partition coefficient (Wildman–Crippen LogP) is 7.29. The number of nitriles is 1. The normalized spacial score (nSPS) is 24.0. The zero-order valence-electron chi connectivity index (χ0n) is 18.9. The van der Waals surface area contributed by atoms with Gasteiger partial charge in [-0.25, -0.2) is 0 Å². The Morgan fingerprint density at radius 3 is 2.82 bits per heavy atom. The number of rotatable bonds is 2. The maximum Gasteiger partial charge on any atom is 0.145 e. The monoisotopic (exact) mass is 443 g/mol. The van der Waals surface area contributed by atoms with Crippen molar-refractivity contribution in [1.82, 2.24) is 4.57 Å². The lowest BCUT2D eigenvalue weighted by Gasteiger charge is -2.27. The largest absolute Gasteiger partial charge is 0.456 e. The fraction of sp³-hybridized carbons (Fsp3) is 0.267. The summed E-state index contributed by atoms with van der Waals surface area (Å²) in [5, 5.41) is 12.9. The average Bonchev–Trinajstić information content (AvgIpc) is 3.44. The van der Waals surface area contributed by atoms with Crippen LogP contribution in [0.3, 0.4) is 0 Å². The van der Waals surface area contributed by atoms with Crippen LogP contribution in [0, 0.1) is 23.2 Å². The number of fused-ring (bicyclic) bond motifs is 7. The van der Waals surface area contributed by atoms with Gasteiger partial charge in [-0.1, -0.05) is 36.4 Å². The molecule has 3 heterocycles. The molecule has 0 radical (unpaired) electrons. The molecule has 34 heavy (non-hydrogen) atoms. The fourth-order valence-electron chi connectivity index (χ4n) is 6.01. The Kier molecular flexibility index (Phi) is 4.38. The number of benzene rings is 2. The first kappa shape index (κ1) is 19.6. The zero-order chi connectivity index (χ0) is 22.6. The summed E-state index contributed by atoms with van der Waals surface area (Å²) in [6.45, 7) is 0. The van der Waals surface area contributed by atoms with Crippen LogP contribution in [0.5, 0.6) is 0 Å². The van der Waals surface area contributed by atoms with E-state index in [-0.39, 0.29) is 12.0 Å². The van der Waals surface area contributed by atoms with Crippen molar-refractivity contribution in [2.24, 2.45) is 16.8 Å². The number of nitrogens with zero attached hydrogens (tertiary/aromatic N) is 3. The maximum absolute atomic E-state index is 9.21. The number of aromatic nitrogens is 1. The molecule has 4 aromatic rings. The molecule has 2 aromatic heterocycles. The van der Waals surface area contributed by atoms with Crippen LogP contribution in [0.2, 0.25) is 0 Å². The second kappa shape index (κ2) is 7.60. The predicted molar refractivity (Wildman–Crippen MR) is 139 cm³/mol. The molecule has 166 valence electrons. The van der Waals surface area contributed by atoms with Gasteiger partial charge in [-0.05, 0) is 62.5 Å². The lowest BCUT2D eigenvalue weighted by atomic mass is 9.85. The third kappa shape index (κ3) is 2.86. The summed E-state index contributed by atoms with van der Waals surface area (Å²) >= 11 is 0. The Bertz CT molecular complexity index is 1620. The van der Waals surface area contributed by atoms with E-state index in [4.69, 9.17) is 9.41 Å². The fourth-order valence-corrected chi connectivity index (χ4v) is 6.01. The second-order valence-electron chi connectivity index (χ2n) is 9.65. The van der Waals surface area contributed by atoms with Crippen molar-refractivity contribution in [3.05, 3.63) is 72.0 Å². The van der Waals surface area contributed by atoms with Gasteiger partial charge in [-0.15, -0.1) is 0 Å². The first-order valence-electron chi connectivity index (χ1n) is 12.3. The van der Waals surface area contributed by atoms with Crippen molar-refractivity contribution in [2.75, 3.05) is 0 Å². The third-order valence-corrected chi connectivity index (χ3v) is 7.69. The molecular weight excluding hydrogens is 418 g/mol. The Morgan fingerprint density at radius 2 is 1.94 bits per heavy atom. The molecule has 0 amide bonds. The van der Waals surface area contributed by atoms with Crippen LogP contribution in [-0.4, -0.2) is 16.8 Å². The molecule has 3 aliphatic rings. The molecule has 0 bridgehead atoms. The molecule has 3 unspecified atom stereocenters. The first-order chi connectivity index (χ1) is 16.8. The van der Waals surface area contributed by atoms with Gasteiger partial charge in [0.15, 0.2) is 0 Å². The minimum Gasteiger partial charge on any atom is -0.456 e. The molecule has 2 aromatic carbocycles. The summed E-state index contributed by atoms with van der Waals surface area (Å²) in [7, 11) is 0. The average molecular weight is 444 g/mol. The highest BCUT2D eigenvalue weighted by Gasteiger charge is 2.26. The SMILES string of the molecule is N#CC1C=NC(C2C=C(n3c4ccccc4c4c5oc6c(c5ccc43)CCC=C6)C=CC2)CC1. The summed E-state index contributed by atoms with van der Waals surface area (Å²) in [5.41, 5.74) is 5.90. The zero-order valence-corrected chi connectivity index (χ0v) is 18.9. The number of hydrogen-bond acceptors (Lipinski definition) is 3. The Hall–Kier alpha value is -3.84. The number of furan rings is 1. The molecule has 0 N–H and O–H groups in total. The van der Waals surface area contributed by atoms with Gasteiger partial charge in [0.25, 0.3) is 0 Å². The van der Waals surface area contributed by atoms with Gasteiger partial charge < -0.3 is 8.98 Å². The number of aliphatic imine (C=N–C) groups is 1. The lowest BCUT2D eigenvalue weighted by molar-refractivity contribution is 0.439. The van der Waals surface area contributed by atoms with E-state index in [1.165, 1.54) is 38.5 Å². The highest BCUT2D eigenvalue weighted by molar-refractivity contribution is 6.21. The van der Waals surface area contributed by atoms with Crippen LogP contribution in [0.1, 0.15) is 37.0 Å². The minimum atomic E-state index is -0.0347. The van der Waals surface area contributed by atoms with Gasteiger partial charge >= 0.3 is 0 Å². The molecule has 7 rings (SSSR count). The van der Waals surface area contributed by atoms with Gasteiger partial charge in [0.2, 0.25) is 0 Å². The lowest BCUT2D eigenvalue weighted by Crippen LogP contribution is -2.24. The highest BCUT2D eigenvalue weighted by atomic mass is 16.3. The van der Waals surface area contributed by atoms with Crippen LogP contribution in [0.4, 0.5) is 0 Å². The van der Waals surface area contributed by atoms with Crippen molar-refractivity contribution in [2.45, 2.75) is 38.1 Å². The van der Waals surface area contributed by atoms with Crippen molar-refractivity contribution in [3.8, 4) is 6.07 Å². The van der Waals surface area contributed by atoms with E-state index in [1.54, 1.807) is 0 Å². The van der Waals surface area contributed by atoms with E-state index in [2.05, 4.69) is 77.4 Å². The quantitative estimate of drug-likeness (QED) is 0.327. The molecule has 0 fully saturated rings. The standard InChI is InChI=1S/C30H25N3O/c31-17-19-12-14-25(32-18-19)20-6-5-7-21(16-20)33-26-10-3-1-9-24(26)29-27(33)15-13-23-22-8-2-4-11-28(22)34-30(23)29/h1,3-5,7,9-11,13,15-16,18-20,25H,2,6,8,12,14H2. The van der Waals surface area contributed by atoms with Crippen molar-refractivity contribution >= 4 is 50.8 Å². The maximum atomic E-state index is 9.21. The van der Waals surface area contributed by atoms with Gasteiger partial charge in [0.1, 0.15) is 11.3 Å². The van der Waals surface area contributed by atoms with E-state index in [0.717, 1.165) is 43.4 Å². The van der Waals surface area contributed by atoms with Crippen molar-refractivity contribution in [1.29, 1.82) is 5.26 Å². The molecule has 4 heteroatoms. The molecule has 2 aliphatic carbocycles. The number of para-hydroxylation sites is 1. The smallest absolute Gasteiger partial charge is 0.145 e. The summed E-state index contributed by atoms with van der Waals surface area (Å²) in [6, 6.07) is 15.7. The Labute approximate surface area is 198 Å². The van der Waals surface area contributed by atoms with E-state index >= 15 is 0 Å². The van der Waals surface area contributed by atoms with Gasteiger partial charge in [0, 0.05) is 34.2 Å². The highest BCUT2D eigenvalue weighted by Crippen LogP contribution is 2.42. The number of aryl methyl sites for hydroxylation is 1. The molecule has 1 aliphatic heterocycles. The third-order valence-electron chi connectivity index (χ3n) is 7.69. The summed E-state index contributed by atoms with van der Waals surface area (Å²) in [4.78, 5) is 4.77. The number of allylic oxidation sites excluding steroid dienone is 4. The van der Waals surface area contributed by atoms with Crippen LogP contribution < -0.4 is 0 Å². The summed E-state index contributed by atoms with van der Waals surface area (Å²) < 4.78 is 8.85.